The normalized spacial score (nSPS) is 18.8. The van der Waals surface area contributed by atoms with Crippen molar-refractivity contribution in [2.24, 2.45) is 0 Å². The van der Waals surface area contributed by atoms with Crippen molar-refractivity contribution in [1.29, 1.82) is 0 Å². The lowest BCUT2D eigenvalue weighted by Crippen LogP contribution is -2.30. The molecule has 19 heavy (non-hydrogen) atoms. The molecule has 0 N–H and O–H groups in total. The number of alkyl halides is 1. The Bertz CT molecular complexity index is 389. The summed E-state index contributed by atoms with van der Waals surface area (Å²) in [5.74, 6) is 2.20. The molecule has 1 fully saturated rings. The Morgan fingerprint density at radius 1 is 1.53 bits per heavy atom. The molecule has 106 valence electrons. The molecule has 2 heterocycles. The Labute approximate surface area is 120 Å². The van der Waals surface area contributed by atoms with Crippen LogP contribution < -0.4 is 9.64 Å². The number of aromatic nitrogens is 2. The van der Waals surface area contributed by atoms with E-state index in [9.17, 15) is 0 Å². The third-order valence-corrected chi connectivity index (χ3v) is 3.64. The third-order valence-electron chi connectivity index (χ3n) is 3.38. The summed E-state index contributed by atoms with van der Waals surface area (Å²) >= 11 is 5.79. The number of hydrogen-bond donors (Lipinski definition) is 0. The van der Waals surface area contributed by atoms with E-state index >= 15 is 0 Å². The SMILES string of the molecule is CCCOc1ccnc(N2CCCC2CCCCl)n1. The van der Waals surface area contributed by atoms with Crippen LogP contribution in [0.2, 0.25) is 0 Å². The molecule has 1 aliphatic rings. The topological polar surface area (TPSA) is 38.2 Å². The van der Waals surface area contributed by atoms with Gasteiger partial charge in [-0.2, -0.15) is 4.98 Å². The zero-order valence-electron chi connectivity index (χ0n) is 11.5. The number of ether oxygens (including phenoxy) is 1. The fourth-order valence-corrected chi connectivity index (χ4v) is 2.62. The number of halogens is 1. The minimum atomic E-state index is 0.528. The van der Waals surface area contributed by atoms with Gasteiger partial charge in [-0.15, -0.1) is 11.6 Å². The largest absolute Gasteiger partial charge is 0.478 e. The summed E-state index contributed by atoms with van der Waals surface area (Å²) in [6.07, 6.45) is 7.35. The van der Waals surface area contributed by atoms with Gasteiger partial charge in [-0.25, -0.2) is 4.98 Å². The van der Waals surface area contributed by atoms with Crippen molar-refractivity contribution in [1.82, 2.24) is 9.97 Å². The Kier molecular flexibility index (Phi) is 5.70. The van der Waals surface area contributed by atoms with Crippen LogP contribution in [0.4, 0.5) is 5.95 Å². The molecule has 4 nitrogen and oxygen atoms in total. The molecule has 1 unspecified atom stereocenters. The minimum Gasteiger partial charge on any atom is -0.478 e. The van der Waals surface area contributed by atoms with Crippen LogP contribution in [0.3, 0.4) is 0 Å². The molecule has 0 aliphatic carbocycles. The second kappa shape index (κ2) is 7.53. The van der Waals surface area contributed by atoms with Crippen molar-refractivity contribution < 1.29 is 4.74 Å². The Balaban J connectivity index is 2.03. The summed E-state index contributed by atoms with van der Waals surface area (Å²) in [5.41, 5.74) is 0. The van der Waals surface area contributed by atoms with Gasteiger partial charge in [-0.05, 0) is 32.1 Å². The number of hydrogen-bond acceptors (Lipinski definition) is 4. The van der Waals surface area contributed by atoms with E-state index in [-0.39, 0.29) is 0 Å². The summed E-state index contributed by atoms with van der Waals surface area (Å²) in [5, 5.41) is 0. The van der Waals surface area contributed by atoms with Gasteiger partial charge in [0.2, 0.25) is 11.8 Å². The highest BCUT2D eigenvalue weighted by molar-refractivity contribution is 6.17. The lowest BCUT2D eigenvalue weighted by molar-refractivity contribution is 0.304. The highest BCUT2D eigenvalue weighted by atomic mass is 35.5. The van der Waals surface area contributed by atoms with Crippen molar-refractivity contribution in [2.45, 2.75) is 45.1 Å². The van der Waals surface area contributed by atoms with Crippen LogP contribution in [0.5, 0.6) is 5.88 Å². The molecule has 0 saturated carbocycles. The smallest absolute Gasteiger partial charge is 0.228 e. The average Bonchev–Trinajstić information content (AvgIpc) is 2.91. The molecule has 1 atom stereocenters. The highest BCUT2D eigenvalue weighted by Crippen LogP contribution is 2.26. The summed E-state index contributed by atoms with van der Waals surface area (Å²) in [7, 11) is 0. The van der Waals surface area contributed by atoms with Crippen LogP contribution >= 0.6 is 11.6 Å². The fourth-order valence-electron chi connectivity index (χ4n) is 2.47. The summed E-state index contributed by atoms with van der Waals surface area (Å²) in [6, 6.07) is 2.35. The van der Waals surface area contributed by atoms with E-state index in [2.05, 4.69) is 21.8 Å². The maximum atomic E-state index is 5.79. The van der Waals surface area contributed by atoms with E-state index in [0.717, 1.165) is 37.6 Å². The molecule has 5 heteroatoms. The van der Waals surface area contributed by atoms with Crippen LogP contribution in [0.25, 0.3) is 0 Å². The Hall–Kier alpha value is -1.03. The minimum absolute atomic E-state index is 0.528. The molecule has 0 bridgehead atoms. The Morgan fingerprint density at radius 2 is 2.42 bits per heavy atom. The molecular formula is C14H22ClN3O. The van der Waals surface area contributed by atoms with Gasteiger partial charge in [0, 0.05) is 30.7 Å². The van der Waals surface area contributed by atoms with E-state index in [1.54, 1.807) is 6.20 Å². The summed E-state index contributed by atoms with van der Waals surface area (Å²) in [4.78, 5) is 11.2. The Morgan fingerprint density at radius 3 is 3.21 bits per heavy atom. The van der Waals surface area contributed by atoms with E-state index in [1.165, 1.54) is 12.8 Å². The molecule has 1 aromatic heterocycles. The van der Waals surface area contributed by atoms with Gasteiger partial charge in [-0.3, -0.25) is 0 Å². The monoisotopic (exact) mass is 283 g/mol. The molecule has 1 saturated heterocycles. The van der Waals surface area contributed by atoms with Crippen LogP contribution in [0.1, 0.15) is 39.0 Å². The molecule has 1 aliphatic heterocycles. The van der Waals surface area contributed by atoms with Crippen LogP contribution in [0.15, 0.2) is 12.3 Å². The molecule has 0 spiro atoms. The van der Waals surface area contributed by atoms with Crippen molar-refractivity contribution in [3.05, 3.63) is 12.3 Å². The molecule has 1 aromatic rings. The maximum Gasteiger partial charge on any atom is 0.228 e. The van der Waals surface area contributed by atoms with Crippen LogP contribution in [0, 0.1) is 0 Å². The van der Waals surface area contributed by atoms with Gasteiger partial charge in [0.15, 0.2) is 0 Å². The van der Waals surface area contributed by atoms with Gasteiger partial charge < -0.3 is 9.64 Å². The predicted octanol–water partition coefficient (Wildman–Crippen LogP) is 3.25. The van der Waals surface area contributed by atoms with E-state index < -0.39 is 0 Å². The van der Waals surface area contributed by atoms with Gasteiger partial charge in [0.1, 0.15) is 0 Å². The summed E-state index contributed by atoms with van der Waals surface area (Å²) in [6.45, 7) is 3.82. The quantitative estimate of drug-likeness (QED) is 0.720. The number of rotatable bonds is 7. The lowest BCUT2D eigenvalue weighted by atomic mass is 10.1. The number of anilines is 1. The molecule has 0 aromatic carbocycles. The van der Waals surface area contributed by atoms with Gasteiger partial charge in [0.25, 0.3) is 0 Å². The standard InChI is InChI=1S/C14H22ClN3O/c1-2-11-19-13-7-9-16-14(17-13)18-10-4-6-12(18)5-3-8-15/h7,9,12H,2-6,8,10-11H2,1H3. The maximum absolute atomic E-state index is 5.79. The predicted molar refractivity (Wildman–Crippen MR) is 78.1 cm³/mol. The van der Waals surface area contributed by atoms with Crippen molar-refractivity contribution in [3.8, 4) is 5.88 Å². The first-order valence-electron chi connectivity index (χ1n) is 7.13. The lowest BCUT2D eigenvalue weighted by Gasteiger charge is -2.24. The van der Waals surface area contributed by atoms with E-state index in [0.29, 0.717) is 18.5 Å². The van der Waals surface area contributed by atoms with Crippen molar-refractivity contribution in [2.75, 3.05) is 23.9 Å². The zero-order valence-corrected chi connectivity index (χ0v) is 12.3. The number of nitrogens with zero attached hydrogens (tertiary/aromatic N) is 3. The molecule has 0 radical (unpaired) electrons. The summed E-state index contributed by atoms with van der Waals surface area (Å²) < 4.78 is 5.57. The van der Waals surface area contributed by atoms with E-state index in [1.807, 2.05) is 6.07 Å². The second-order valence-corrected chi connectivity index (χ2v) is 5.24. The molecule has 2 rings (SSSR count). The first kappa shape index (κ1) is 14.4. The van der Waals surface area contributed by atoms with Gasteiger partial charge in [0.05, 0.1) is 6.61 Å². The first-order chi connectivity index (χ1) is 9.35. The fraction of sp³-hybridized carbons (Fsp3) is 0.714. The third kappa shape index (κ3) is 3.96. The average molecular weight is 284 g/mol. The van der Waals surface area contributed by atoms with E-state index in [4.69, 9.17) is 16.3 Å². The van der Waals surface area contributed by atoms with Crippen LogP contribution in [-0.4, -0.2) is 35.0 Å². The van der Waals surface area contributed by atoms with Crippen molar-refractivity contribution in [3.63, 3.8) is 0 Å². The van der Waals surface area contributed by atoms with Gasteiger partial charge in [-0.1, -0.05) is 6.92 Å². The second-order valence-electron chi connectivity index (χ2n) is 4.86. The highest BCUT2D eigenvalue weighted by Gasteiger charge is 2.26. The molecule has 0 amide bonds. The molecular weight excluding hydrogens is 262 g/mol. The van der Waals surface area contributed by atoms with Crippen molar-refractivity contribution >= 4 is 17.5 Å². The zero-order chi connectivity index (χ0) is 13.5. The van der Waals surface area contributed by atoms with Crippen LogP contribution in [-0.2, 0) is 0 Å². The first-order valence-corrected chi connectivity index (χ1v) is 7.67. The van der Waals surface area contributed by atoms with Gasteiger partial charge >= 0.3 is 0 Å².